The third kappa shape index (κ3) is 11.3. The first-order valence-corrected chi connectivity index (χ1v) is 13.0. The van der Waals surface area contributed by atoms with E-state index < -0.39 is 31.7 Å². The van der Waals surface area contributed by atoms with Crippen molar-refractivity contribution in [2.45, 2.75) is 77.2 Å². The second-order valence-corrected chi connectivity index (χ2v) is 10.3. The van der Waals surface area contributed by atoms with Gasteiger partial charge in [-0.2, -0.15) is 16.8 Å². The molecule has 0 aliphatic rings. The van der Waals surface area contributed by atoms with Crippen LogP contribution in [0.5, 0.6) is 0 Å². The first-order chi connectivity index (χ1) is 12.9. The minimum atomic E-state index is -4.06. The summed E-state index contributed by atoms with van der Waals surface area (Å²) in [6.45, 7) is 4.54. The SMILES string of the molecule is CCCCC(CCC)(C(=O)O)N(CCCCS(=O)(=O)O)CCCCS(=O)(=O)O. The van der Waals surface area contributed by atoms with Crippen molar-refractivity contribution < 1.29 is 35.8 Å². The Kier molecular flexibility index (Phi) is 12.4. The van der Waals surface area contributed by atoms with Crippen molar-refractivity contribution >= 4 is 26.2 Å². The van der Waals surface area contributed by atoms with E-state index in [-0.39, 0.29) is 24.3 Å². The van der Waals surface area contributed by atoms with E-state index in [1.807, 2.05) is 18.7 Å². The lowest BCUT2D eigenvalue weighted by molar-refractivity contribution is -0.153. The molecule has 28 heavy (non-hydrogen) atoms. The summed E-state index contributed by atoms with van der Waals surface area (Å²) in [4.78, 5) is 14.0. The van der Waals surface area contributed by atoms with Gasteiger partial charge in [0.15, 0.2) is 0 Å². The van der Waals surface area contributed by atoms with Gasteiger partial charge in [-0.15, -0.1) is 0 Å². The Labute approximate surface area is 169 Å². The van der Waals surface area contributed by atoms with Crippen molar-refractivity contribution in [3.8, 4) is 0 Å². The zero-order valence-corrected chi connectivity index (χ0v) is 18.5. The molecule has 0 saturated carbocycles. The molecule has 0 spiro atoms. The van der Waals surface area contributed by atoms with Crippen LogP contribution in [-0.4, -0.2) is 72.1 Å². The van der Waals surface area contributed by atoms with Gasteiger partial charge in [0, 0.05) is 0 Å². The Bertz CT molecular complexity index is 623. The summed E-state index contributed by atoms with van der Waals surface area (Å²) in [5, 5.41) is 10.0. The van der Waals surface area contributed by atoms with E-state index in [0.717, 1.165) is 12.8 Å². The van der Waals surface area contributed by atoms with E-state index in [2.05, 4.69) is 0 Å². The Morgan fingerprint density at radius 1 is 0.786 bits per heavy atom. The Morgan fingerprint density at radius 2 is 1.25 bits per heavy atom. The van der Waals surface area contributed by atoms with E-state index in [0.29, 0.717) is 45.2 Å². The van der Waals surface area contributed by atoms with Crippen LogP contribution in [0.3, 0.4) is 0 Å². The average Bonchev–Trinajstić information content (AvgIpc) is 2.55. The topological polar surface area (TPSA) is 149 Å². The third-order valence-corrected chi connectivity index (χ3v) is 6.38. The lowest BCUT2D eigenvalue weighted by Gasteiger charge is -2.41. The molecule has 0 saturated heterocycles. The van der Waals surface area contributed by atoms with Gasteiger partial charge in [0.1, 0.15) is 5.54 Å². The molecule has 0 heterocycles. The molecule has 1 unspecified atom stereocenters. The number of carbonyl (C=O) groups is 1. The molecule has 0 aromatic rings. The van der Waals surface area contributed by atoms with Crippen LogP contribution < -0.4 is 0 Å². The van der Waals surface area contributed by atoms with Gasteiger partial charge in [-0.05, 0) is 51.6 Å². The molecule has 3 N–H and O–H groups in total. The zero-order chi connectivity index (χ0) is 21.8. The van der Waals surface area contributed by atoms with E-state index in [1.165, 1.54) is 0 Å². The summed E-state index contributed by atoms with van der Waals surface area (Å²) in [7, 11) is -8.13. The minimum absolute atomic E-state index is 0.204. The van der Waals surface area contributed by atoms with Crippen LogP contribution in [0.15, 0.2) is 0 Å². The van der Waals surface area contributed by atoms with Crippen molar-refractivity contribution in [3.05, 3.63) is 0 Å². The largest absolute Gasteiger partial charge is 0.480 e. The van der Waals surface area contributed by atoms with Crippen molar-refractivity contribution in [1.29, 1.82) is 0 Å². The van der Waals surface area contributed by atoms with Gasteiger partial charge in [0.25, 0.3) is 20.2 Å². The van der Waals surface area contributed by atoms with Crippen molar-refractivity contribution in [3.63, 3.8) is 0 Å². The van der Waals surface area contributed by atoms with Crippen LogP contribution in [0.25, 0.3) is 0 Å². The third-order valence-electron chi connectivity index (χ3n) is 4.77. The summed E-state index contributed by atoms with van der Waals surface area (Å²) in [6.07, 6.45) is 4.28. The van der Waals surface area contributed by atoms with Gasteiger partial charge in [-0.25, -0.2) is 0 Å². The van der Waals surface area contributed by atoms with Crippen molar-refractivity contribution in [2.24, 2.45) is 0 Å². The molecule has 1 atom stereocenters. The molecule has 0 radical (unpaired) electrons. The highest BCUT2D eigenvalue weighted by Gasteiger charge is 2.42. The standard InChI is InChI=1S/C17H35NO8S2/c1-3-5-11-17(10-4-2,16(19)20)18(12-6-8-14-27(21,22)23)13-7-9-15-28(24,25)26/h3-15H2,1-2H3,(H,19,20)(H,21,22,23)(H,24,25,26). The Balaban J connectivity index is 5.30. The van der Waals surface area contributed by atoms with Gasteiger partial charge >= 0.3 is 5.97 Å². The molecular weight excluding hydrogens is 410 g/mol. The van der Waals surface area contributed by atoms with Crippen LogP contribution >= 0.6 is 0 Å². The normalized spacial score (nSPS) is 14.9. The highest BCUT2D eigenvalue weighted by Crippen LogP contribution is 2.30. The zero-order valence-electron chi connectivity index (χ0n) is 16.8. The van der Waals surface area contributed by atoms with Crippen molar-refractivity contribution in [2.75, 3.05) is 24.6 Å². The predicted molar refractivity (Wildman–Crippen MR) is 108 cm³/mol. The molecule has 0 aromatic heterocycles. The Morgan fingerprint density at radius 3 is 1.57 bits per heavy atom. The summed E-state index contributed by atoms with van der Waals surface area (Å²) < 4.78 is 61.3. The lowest BCUT2D eigenvalue weighted by atomic mass is 9.85. The quantitative estimate of drug-likeness (QED) is 0.226. The number of rotatable bonds is 17. The second-order valence-electron chi connectivity index (χ2n) is 7.16. The van der Waals surface area contributed by atoms with Crippen LogP contribution in [0, 0.1) is 0 Å². The minimum Gasteiger partial charge on any atom is -0.480 e. The van der Waals surface area contributed by atoms with E-state index in [1.54, 1.807) is 0 Å². The summed E-state index contributed by atoms with van der Waals surface area (Å²) in [5.74, 6) is -1.70. The highest BCUT2D eigenvalue weighted by atomic mass is 32.2. The molecule has 0 amide bonds. The molecule has 0 rings (SSSR count). The number of unbranched alkanes of at least 4 members (excludes halogenated alkanes) is 3. The maximum atomic E-state index is 12.2. The molecule has 168 valence electrons. The van der Waals surface area contributed by atoms with Gasteiger partial charge in [0.2, 0.25) is 0 Å². The number of carboxylic acid groups (broad SMARTS) is 1. The lowest BCUT2D eigenvalue weighted by Crippen LogP contribution is -2.55. The molecule has 0 fully saturated rings. The Hall–Kier alpha value is -0.750. The predicted octanol–water partition coefficient (Wildman–Crippen LogP) is 2.44. The maximum absolute atomic E-state index is 12.2. The van der Waals surface area contributed by atoms with Crippen LogP contribution in [0.1, 0.15) is 71.6 Å². The van der Waals surface area contributed by atoms with E-state index in [9.17, 15) is 26.7 Å². The summed E-state index contributed by atoms with van der Waals surface area (Å²) >= 11 is 0. The molecule has 9 nitrogen and oxygen atoms in total. The summed E-state index contributed by atoms with van der Waals surface area (Å²) in [6, 6.07) is 0. The molecular formula is C17H35NO8S2. The molecule has 0 aromatic carbocycles. The molecule has 0 bridgehead atoms. The maximum Gasteiger partial charge on any atom is 0.324 e. The van der Waals surface area contributed by atoms with Crippen LogP contribution in [0.4, 0.5) is 0 Å². The number of carboxylic acids is 1. The van der Waals surface area contributed by atoms with Crippen LogP contribution in [0.2, 0.25) is 0 Å². The monoisotopic (exact) mass is 445 g/mol. The fraction of sp³-hybridized carbons (Fsp3) is 0.941. The van der Waals surface area contributed by atoms with Gasteiger partial charge in [0.05, 0.1) is 11.5 Å². The fourth-order valence-electron chi connectivity index (χ4n) is 3.39. The van der Waals surface area contributed by atoms with Crippen LogP contribution in [-0.2, 0) is 25.0 Å². The fourth-order valence-corrected chi connectivity index (χ4v) is 4.53. The van der Waals surface area contributed by atoms with Gasteiger partial charge in [-0.3, -0.25) is 18.8 Å². The smallest absolute Gasteiger partial charge is 0.324 e. The molecule has 11 heteroatoms. The number of nitrogens with zero attached hydrogens (tertiary/aromatic N) is 1. The van der Waals surface area contributed by atoms with E-state index in [4.69, 9.17) is 9.11 Å². The average molecular weight is 446 g/mol. The molecule has 0 aliphatic carbocycles. The number of aliphatic carboxylic acids is 1. The summed E-state index contributed by atoms with van der Waals surface area (Å²) in [5.41, 5.74) is -1.10. The molecule has 0 aliphatic heterocycles. The van der Waals surface area contributed by atoms with E-state index >= 15 is 0 Å². The second kappa shape index (κ2) is 12.7. The number of hydrogen-bond donors (Lipinski definition) is 3. The first kappa shape index (κ1) is 27.2. The van der Waals surface area contributed by atoms with Gasteiger partial charge < -0.3 is 5.11 Å². The highest BCUT2D eigenvalue weighted by molar-refractivity contribution is 7.86. The van der Waals surface area contributed by atoms with Crippen molar-refractivity contribution in [1.82, 2.24) is 4.90 Å². The number of hydrogen-bond acceptors (Lipinski definition) is 6. The van der Waals surface area contributed by atoms with Gasteiger partial charge in [-0.1, -0.05) is 33.1 Å². The first-order valence-electron chi connectivity index (χ1n) is 9.76.